The number of hydrogen-bond acceptors (Lipinski definition) is 5. The van der Waals surface area contributed by atoms with Crippen LogP contribution in [0.15, 0.2) is 100 Å². The second-order valence-corrected chi connectivity index (χ2v) is 10.2. The van der Waals surface area contributed by atoms with Gasteiger partial charge in [-0.2, -0.15) is 0 Å². The van der Waals surface area contributed by atoms with Gasteiger partial charge in [0.2, 0.25) is 0 Å². The molecule has 0 saturated heterocycles. The molecule has 1 aliphatic heterocycles. The molecule has 1 unspecified atom stereocenters. The average molecular weight is 513 g/mol. The van der Waals surface area contributed by atoms with Crippen molar-refractivity contribution in [2.24, 2.45) is 15.0 Å². The van der Waals surface area contributed by atoms with Crippen LogP contribution in [-0.2, 0) is 0 Å². The summed E-state index contributed by atoms with van der Waals surface area (Å²) in [5, 5.41) is 6.87. The average Bonchev–Trinajstić information content (AvgIpc) is 3.52. The molecule has 0 amide bonds. The number of rotatable bonds is 3. The molecule has 38 heavy (non-hydrogen) atoms. The minimum absolute atomic E-state index is 0.193. The molecular weight excluding hydrogens is 488 g/mol. The highest BCUT2D eigenvalue weighted by molar-refractivity contribution is 7.26. The second kappa shape index (κ2) is 9.04. The summed E-state index contributed by atoms with van der Waals surface area (Å²) in [6.07, 6.45) is 9.27. The van der Waals surface area contributed by atoms with Crippen LogP contribution in [0.4, 0.5) is 0 Å². The number of thiophene rings is 1. The lowest BCUT2D eigenvalue weighted by atomic mass is 10.1. The van der Waals surface area contributed by atoms with Crippen molar-refractivity contribution in [2.45, 2.75) is 13.1 Å². The second-order valence-electron chi connectivity index (χ2n) is 9.12. The Kier molecular flexibility index (Phi) is 5.37. The standard InChI is InChI=1S/C31H24N6S/c1-3-33-30(32-2)19-15-20(31-34-13-8-14-35-31)17-21(16-19)37-25-11-6-4-9-22(25)24-18-36-27-23-10-5-7-12-26(23)38-29(27)28(24)37/h3-18,31,34H,1-2H3. The van der Waals surface area contributed by atoms with Crippen molar-refractivity contribution >= 4 is 71.7 Å². The third-order valence-electron chi connectivity index (χ3n) is 6.93. The topological polar surface area (TPSA) is 66.9 Å². The quantitative estimate of drug-likeness (QED) is 0.201. The summed E-state index contributed by atoms with van der Waals surface area (Å²) in [5.41, 5.74) is 6.34. The lowest BCUT2D eigenvalue weighted by molar-refractivity contribution is 0.652. The van der Waals surface area contributed by atoms with Gasteiger partial charge in [-0.1, -0.05) is 36.4 Å². The van der Waals surface area contributed by atoms with Crippen LogP contribution in [0.2, 0.25) is 0 Å². The minimum Gasteiger partial charge on any atom is -0.366 e. The van der Waals surface area contributed by atoms with Gasteiger partial charge in [0.25, 0.3) is 0 Å². The molecule has 7 heteroatoms. The van der Waals surface area contributed by atoms with Gasteiger partial charge in [0, 0.05) is 57.8 Å². The van der Waals surface area contributed by atoms with Gasteiger partial charge in [-0.05, 0) is 55.1 Å². The number of nitrogens with zero attached hydrogens (tertiary/aromatic N) is 5. The van der Waals surface area contributed by atoms with Crippen molar-refractivity contribution in [3.63, 3.8) is 0 Å². The normalized spacial score (nSPS) is 15.9. The number of hydrogen-bond donors (Lipinski definition) is 1. The van der Waals surface area contributed by atoms with E-state index in [9.17, 15) is 0 Å². The van der Waals surface area contributed by atoms with E-state index in [0.29, 0.717) is 5.84 Å². The Bertz CT molecular complexity index is 1990. The van der Waals surface area contributed by atoms with Crippen LogP contribution in [0.1, 0.15) is 24.2 Å². The van der Waals surface area contributed by atoms with Crippen molar-refractivity contribution in [1.82, 2.24) is 14.9 Å². The Labute approximate surface area is 223 Å². The molecule has 6 nitrogen and oxygen atoms in total. The Balaban J connectivity index is 1.61. The number of aliphatic imine (C=N–C) groups is 3. The highest BCUT2D eigenvalue weighted by atomic mass is 32.1. The molecule has 1 N–H and O–H groups in total. The van der Waals surface area contributed by atoms with Crippen LogP contribution < -0.4 is 5.32 Å². The third-order valence-corrected chi connectivity index (χ3v) is 8.09. The van der Waals surface area contributed by atoms with Gasteiger partial charge in [-0.25, -0.2) is 4.99 Å². The molecule has 3 aromatic heterocycles. The van der Waals surface area contributed by atoms with Crippen molar-refractivity contribution in [1.29, 1.82) is 0 Å². The molecule has 3 aromatic carbocycles. The van der Waals surface area contributed by atoms with Crippen molar-refractivity contribution < 1.29 is 0 Å². The predicted molar refractivity (Wildman–Crippen MR) is 162 cm³/mol. The molecule has 1 aliphatic rings. The Morgan fingerprint density at radius 3 is 2.68 bits per heavy atom. The maximum atomic E-state index is 4.95. The summed E-state index contributed by atoms with van der Waals surface area (Å²) in [5.74, 6) is 0.681. The Morgan fingerprint density at radius 1 is 1.03 bits per heavy atom. The lowest BCUT2D eigenvalue weighted by Gasteiger charge is -2.19. The zero-order chi connectivity index (χ0) is 25.6. The predicted octanol–water partition coefficient (Wildman–Crippen LogP) is 7.20. The first-order chi connectivity index (χ1) is 18.8. The first-order valence-electron chi connectivity index (χ1n) is 12.5. The van der Waals surface area contributed by atoms with Crippen LogP contribution in [-0.4, -0.2) is 34.9 Å². The summed E-state index contributed by atoms with van der Waals surface area (Å²) in [6.45, 7) is 1.91. The van der Waals surface area contributed by atoms with E-state index in [1.54, 1.807) is 24.6 Å². The number of fused-ring (bicyclic) bond motifs is 7. The fourth-order valence-electron chi connectivity index (χ4n) is 5.32. The van der Waals surface area contributed by atoms with Crippen molar-refractivity contribution in [2.75, 3.05) is 7.05 Å². The maximum Gasteiger partial charge on any atom is 0.153 e. The van der Waals surface area contributed by atoms with Gasteiger partial charge < -0.3 is 9.88 Å². The molecule has 4 heterocycles. The summed E-state index contributed by atoms with van der Waals surface area (Å²) in [7, 11) is 1.78. The Hall–Kier alpha value is -4.62. The first kappa shape index (κ1) is 22.6. The molecule has 7 rings (SSSR count). The highest BCUT2D eigenvalue weighted by Crippen LogP contribution is 2.42. The molecule has 0 radical (unpaired) electrons. The van der Waals surface area contributed by atoms with Gasteiger partial charge in [-0.15, -0.1) is 11.3 Å². The summed E-state index contributed by atoms with van der Waals surface area (Å²) >= 11 is 1.80. The number of para-hydroxylation sites is 1. The number of allylic oxidation sites excluding steroid dienone is 1. The molecular formula is C31H24N6S. The zero-order valence-corrected chi connectivity index (χ0v) is 21.8. The minimum atomic E-state index is -0.193. The van der Waals surface area contributed by atoms with E-state index in [2.05, 4.69) is 91.6 Å². The number of aromatic nitrogens is 2. The van der Waals surface area contributed by atoms with Crippen LogP contribution in [0, 0.1) is 0 Å². The van der Waals surface area contributed by atoms with E-state index in [4.69, 9.17) is 4.98 Å². The van der Waals surface area contributed by atoms with E-state index in [0.717, 1.165) is 38.8 Å². The SMILES string of the molecule is CC=NC(=NC)c1cc(C2N=CC=CN2)cc(-n2c3ccccc3c3cnc4c5ccccc5sc4c32)c1. The van der Waals surface area contributed by atoms with Crippen molar-refractivity contribution in [3.05, 3.63) is 96.3 Å². The van der Waals surface area contributed by atoms with Crippen LogP contribution >= 0.6 is 11.3 Å². The van der Waals surface area contributed by atoms with Crippen LogP contribution in [0.3, 0.4) is 0 Å². The van der Waals surface area contributed by atoms with Gasteiger partial charge in [0.05, 0.1) is 21.3 Å². The number of pyridine rings is 1. The lowest BCUT2D eigenvalue weighted by Crippen LogP contribution is -2.17. The Morgan fingerprint density at radius 2 is 1.87 bits per heavy atom. The van der Waals surface area contributed by atoms with Gasteiger partial charge >= 0.3 is 0 Å². The monoisotopic (exact) mass is 512 g/mol. The zero-order valence-electron chi connectivity index (χ0n) is 21.0. The van der Waals surface area contributed by atoms with E-state index in [-0.39, 0.29) is 6.17 Å². The van der Waals surface area contributed by atoms with Crippen molar-refractivity contribution in [3.8, 4) is 5.69 Å². The van der Waals surface area contributed by atoms with Gasteiger partial charge in [0.15, 0.2) is 5.84 Å². The molecule has 0 spiro atoms. The van der Waals surface area contributed by atoms with Crippen LogP contribution in [0.5, 0.6) is 0 Å². The molecule has 184 valence electrons. The van der Waals surface area contributed by atoms with E-state index in [1.165, 1.54) is 20.2 Å². The fraction of sp³-hybridized carbons (Fsp3) is 0.0968. The number of amidine groups is 1. The molecule has 0 aliphatic carbocycles. The molecule has 0 bridgehead atoms. The molecule has 0 fully saturated rings. The first-order valence-corrected chi connectivity index (χ1v) is 13.3. The fourth-order valence-corrected chi connectivity index (χ4v) is 6.52. The molecule has 0 saturated carbocycles. The highest BCUT2D eigenvalue weighted by Gasteiger charge is 2.21. The summed E-state index contributed by atoms with van der Waals surface area (Å²) < 4.78 is 4.78. The largest absolute Gasteiger partial charge is 0.366 e. The van der Waals surface area contributed by atoms with Gasteiger partial charge in [-0.3, -0.25) is 15.0 Å². The van der Waals surface area contributed by atoms with E-state index >= 15 is 0 Å². The molecule has 1 atom stereocenters. The summed E-state index contributed by atoms with van der Waals surface area (Å²) in [6, 6.07) is 23.6. The van der Waals surface area contributed by atoms with Crippen LogP contribution in [0.25, 0.3) is 47.8 Å². The number of nitrogens with one attached hydrogen (secondary N) is 1. The van der Waals surface area contributed by atoms with Gasteiger partial charge in [0.1, 0.15) is 6.17 Å². The third kappa shape index (κ3) is 3.47. The maximum absolute atomic E-state index is 4.95. The number of benzene rings is 3. The molecule has 6 aromatic rings. The van der Waals surface area contributed by atoms with E-state index in [1.807, 2.05) is 31.6 Å². The smallest absolute Gasteiger partial charge is 0.153 e. The van der Waals surface area contributed by atoms with E-state index < -0.39 is 0 Å². The summed E-state index contributed by atoms with van der Waals surface area (Å²) in [4.78, 5) is 18.7.